The number of nitro groups is 1. The predicted octanol–water partition coefficient (Wildman–Crippen LogP) is 4.44. The van der Waals surface area contributed by atoms with Gasteiger partial charge in [0.15, 0.2) is 17.3 Å². The average molecular weight is 539 g/mol. The molecule has 0 spiro atoms. The van der Waals surface area contributed by atoms with Crippen molar-refractivity contribution in [2.24, 2.45) is 5.73 Å². The van der Waals surface area contributed by atoms with Crippen LogP contribution in [0.25, 0.3) is 11.2 Å². The van der Waals surface area contributed by atoms with Crippen LogP contribution in [0.2, 0.25) is 0 Å². The highest BCUT2D eigenvalue weighted by molar-refractivity contribution is 9.12. The smallest absolute Gasteiger partial charge is 0.287 e. The van der Waals surface area contributed by atoms with Gasteiger partial charge in [0.1, 0.15) is 15.6 Å². The van der Waals surface area contributed by atoms with Gasteiger partial charge in [0.25, 0.3) is 15.3 Å². The van der Waals surface area contributed by atoms with Gasteiger partial charge >= 0.3 is 0 Å². The van der Waals surface area contributed by atoms with Crippen molar-refractivity contribution in [2.75, 3.05) is 11.9 Å². The van der Waals surface area contributed by atoms with Gasteiger partial charge in [0, 0.05) is 5.69 Å². The van der Waals surface area contributed by atoms with E-state index in [4.69, 9.17) is 22.1 Å². The van der Waals surface area contributed by atoms with Crippen LogP contribution in [0.15, 0.2) is 30.6 Å². The van der Waals surface area contributed by atoms with Crippen LogP contribution >= 0.6 is 51.2 Å². The summed E-state index contributed by atoms with van der Waals surface area (Å²) < 4.78 is 14.0. The fourth-order valence-electron chi connectivity index (χ4n) is 2.41. The van der Waals surface area contributed by atoms with Crippen molar-refractivity contribution in [3.8, 4) is 5.75 Å². The Labute approximate surface area is 191 Å². The second kappa shape index (κ2) is 9.09. The molecule has 2 aromatic heterocycles. The van der Waals surface area contributed by atoms with Gasteiger partial charge in [-0.05, 0) is 58.9 Å². The number of H-pyrrole nitrogens is 1. The van der Waals surface area contributed by atoms with Gasteiger partial charge in [-0.1, -0.05) is 11.6 Å². The van der Waals surface area contributed by atoms with E-state index >= 15 is 0 Å². The van der Waals surface area contributed by atoms with E-state index in [1.165, 1.54) is 6.33 Å². The van der Waals surface area contributed by atoms with Gasteiger partial charge in [-0.3, -0.25) is 15.8 Å². The number of alkyl halides is 3. The van der Waals surface area contributed by atoms with E-state index in [1.54, 1.807) is 24.3 Å². The van der Waals surface area contributed by atoms with E-state index in [-0.39, 0.29) is 41.0 Å². The maximum atomic E-state index is 14.0. The Balaban J connectivity index is 2.03. The zero-order chi connectivity index (χ0) is 21.9. The quantitative estimate of drug-likeness (QED) is 0.117. The first kappa shape index (κ1) is 22.8. The molecular weight excluding hydrogens is 525 g/mol. The Kier molecular flexibility index (Phi) is 6.91. The summed E-state index contributed by atoms with van der Waals surface area (Å²) in [4.78, 5) is 26.5. The number of hydrogen-bond acceptors (Lipinski definition) is 10. The van der Waals surface area contributed by atoms with Crippen molar-refractivity contribution in [2.45, 2.75) is 14.5 Å². The Morgan fingerprint density at radius 3 is 2.73 bits per heavy atom. The third-order valence-electron chi connectivity index (χ3n) is 3.50. The van der Waals surface area contributed by atoms with Crippen LogP contribution in [-0.2, 0) is 4.20 Å². The first-order valence-corrected chi connectivity index (χ1v) is 11.0. The molecule has 15 heteroatoms. The van der Waals surface area contributed by atoms with Crippen LogP contribution in [0.1, 0.15) is 12.7 Å². The minimum absolute atomic E-state index is 0.0166. The summed E-state index contributed by atoms with van der Waals surface area (Å²) in [5.41, 5.74) is 7.37. The number of fused-ring (bicyclic) bond motifs is 1. The van der Waals surface area contributed by atoms with Crippen LogP contribution < -0.4 is 15.8 Å². The minimum Gasteiger partial charge on any atom is -0.494 e. The van der Waals surface area contributed by atoms with Crippen molar-refractivity contribution in [1.82, 2.24) is 19.9 Å². The van der Waals surface area contributed by atoms with Crippen LogP contribution in [0.4, 0.5) is 15.9 Å². The summed E-state index contributed by atoms with van der Waals surface area (Å²) in [6.45, 7) is 2.41. The van der Waals surface area contributed by atoms with Crippen molar-refractivity contribution < 1.29 is 13.5 Å². The van der Waals surface area contributed by atoms with Crippen LogP contribution in [0.3, 0.4) is 0 Å². The summed E-state index contributed by atoms with van der Waals surface area (Å²) in [5.74, 6) is 0.686. The topological polar surface area (TPSA) is 145 Å². The normalized spacial score (nSPS) is 15.4. The van der Waals surface area contributed by atoms with Gasteiger partial charge in [-0.15, -0.1) is 0 Å². The number of halogens is 3. The number of imidazole rings is 1. The molecule has 0 radical (unpaired) electrons. The van der Waals surface area contributed by atoms with E-state index in [2.05, 4.69) is 41.2 Å². The number of ether oxygens (including phenoxy) is 1. The molecule has 2 atom stereocenters. The molecule has 1 aromatic carbocycles. The third kappa shape index (κ3) is 5.63. The number of benzene rings is 1. The van der Waals surface area contributed by atoms with Gasteiger partial charge in [-0.25, -0.2) is 19.3 Å². The molecule has 0 saturated carbocycles. The van der Waals surface area contributed by atoms with Gasteiger partial charge in [-0.2, -0.15) is 0 Å². The molecule has 160 valence electrons. The minimum atomic E-state index is -2.59. The van der Waals surface area contributed by atoms with Crippen LogP contribution in [0, 0.1) is 10.1 Å². The molecule has 0 amide bonds. The Bertz CT molecular complexity index is 1050. The average Bonchev–Trinajstić information content (AvgIpc) is 3.10. The third-order valence-corrected chi connectivity index (χ3v) is 6.01. The summed E-state index contributed by atoms with van der Waals surface area (Å²) in [7, 11) is 0. The van der Waals surface area contributed by atoms with Crippen molar-refractivity contribution in [1.29, 1.82) is 0 Å². The summed E-state index contributed by atoms with van der Waals surface area (Å²) >= 11 is 8.37. The van der Waals surface area contributed by atoms with E-state index in [0.29, 0.717) is 23.6 Å². The summed E-state index contributed by atoms with van der Waals surface area (Å²) in [6.07, 6.45) is 1.38. The fourth-order valence-corrected chi connectivity index (χ4v) is 5.59. The van der Waals surface area contributed by atoms with Crippen LogP contribution in [-0.4, -0.2) is 34.2 Å². The molecule has 30 heavy (non-hydrogen) atoms. The second-order valence-electron chi connectivity index (χ2n) is 5.61. The molecule has 0 aliphatic carbocycles. The summed E-state index contributed by atoms with van der Waals surface area (Å²) in [6, 6.07) is 7.04. The molecule has 0 aliphatic heterocycles. The highest BCUT2D eigenvalue weighted by Gasteiger charge is 2.48. The lowest BCUT2D eigenvalue weighted by atomic mass is 10.3. The van der Waals surface area contributed by atoms with Crippen molar-refractivity contribution in [3.63, 3.8) is 0 Å². The zero-order valence-corrected chi connectivity index (χ0v) is 19.1. The molecule has 2 heterocycles. The van der Waals surface area contributed by atoms with E-state index in [1.807, 2.05) is 6.92 Å². The lowest BCUT2D eigenvalue weighted by Crippen LogP contribution is -2.35. The molecule has 10 nitrogen and oxygen atoms in total. The van der Waals surface area contributed by atoms with Gasteiger partial charge < -0.3 is 15.0 Å². The molecule has 0 bridgehead atoms. The molecule has 2 unspecified atom stereocenters. The SMILES string of the molecule is CCOc1ccc(Nc2nc(C(N)(S[N+](=O)[O-])SC(F)(Cl)Br)nc3nc[nH]c23)cc1. The van der Waals surface area contributed by atoms with Gasteiger partial charge in [0.2, 0.25) is 4.20 Å². The number of rotatable bonds is 9. The largest absolute Gasteiger partial charge is 0.494 e. The predicted molar refractivity (Wildman–Crippen MR) is 119 cm³/mol. The number of anilines is 2. The molecule has 3 aromatic rings. The van der Waals surface area contributed by atoms with Crippen molar-refractivity contribution in [3.05, 3.63) is 46.5 Å². The first-order valence-electron chi connectivity index (χ1n) is 8.20. The van der Waals surface area contributed by atoms with Gasteiger partial charge in [0.05, 0.1) is 12.9 Å². The number of thioether (sulfide) groups is 1. The number of nitrogens with two attached hydrogens (primary N) is 1. The summed E-state index contributed by atoms with van der Waals surface area (Å²) in [5, 5.41) is 14.2. The lowest BCUT2D eigenvalue weighted by Gasteiger charge is -2.24. The number of hydrogen-bond donors (Lipinski definition) is 3. The molecule has 0 aliphatic rings. The van der Waals surface area contributed by atoms with Crippen molar-refractivity contribution >= 4 is 73.9 Å². The van der Waals surface area contributed by atoms with E-state index in [9.17, 15) is 14.5 Å². The second-order valence-corrected chi connectivity index (χ2v) is 11.2. The highest BCUT2D eigenvalue weighted by atomic mass is 79.9. The molecule has 3 rings (SSSR count). The number of nitrogens with zero attached hydrogens (tertiary/aromatic N) is 4. The Morgan fingerprint density at radius 1 is 1.43 bits per heavy atom. The Morgan fingerprint density at radius 2 is 2.13 bits per heavy atom. The molecule has 0 fully saturated rings. The highest BCUT2D eigenvalue weighted by Crippen LogP contribution is 2.52. The van der Waals surface area contributed by atoms with E-state index in [0.717, 1.165) is 0 Å². The van der Waals surface area contributed by atoms with Crippen LogP contribution in [0.5, 0.6) is 5.75 Å². The Hall–Kier alpha value is -1.87. The maximum absolute atomic E-state index is 14.0. The number of nitrogens with one attached hydrogen (secondary N) is 2. The maximum Gasteiger partial charge on any atom is 0.287 e. The zero-order valence-electron chi connectivity index (χ0n) is 15.1. The molecule has 0 saturated heterocycles. The first-order chi connectivity index (χ1) is 14.1. The lowest BCUT2D eigenvalue weighted by molar-refractivity contribution is -0.285. The van der Waals surface area contributed by atoms with E-state index < -0.39 is 11.9 Å². The molecular formula is C15H14BrClFN7O3S2. The molecule has 4 N–H and O–H groups in total. The standard InChI is InChI=1S/C15H14BrClFN7O3S2/c1-2-28-9-5-3-8(4-6-9)22-12-10-11(21-7-20-10)23-13(24-12)14(19,30-25(26)27)29-15(16,17)18/h3-7H,2,19H2,1H3,(H2,20,21,22,23,24). The fraction of sp³-hybridized carbons (Fsp3) is 0.267. The monoisotopic (exact) mass is 537 g/mol. The number of aromatic nitrogens is 4. The number of aromatic amines is 1.